The van der Waals surface area contributed by atoms with Crippen molar-refractivity contribution in [2.24, 2.45) is 0 Å². The standard InChI is InChI=1S/C19H20ClF3N2O/c1-13(2)25(12-14-6-4-3-5-7-14)18(26)11-24-17-10-15(19(21,22)23)8-9-16(17)20/h3-10,13,24H,11-12H2,1-2H3. The van der Waals surface area contributed by atoms with Gasteiger partial charge in [0.05, 0.1) is 22.8 Å². The lowest BCUT2D eigenvalue weighted by Crippen LogP contribution is -2.39. The van der Waals surface area contributed by atoms with Crippen LogP contribution < -0.4 is 5.32 Å². The van der Waals surface area contributed by atoms with E-state index in [9.17, 15) is 18.0 Å². The van der Waals surface area contributed by atoms with Crippen LogP contribution in [0.5, 0.6) is 0 Å². The molecule has 0 spiro atoms. The van der Waals surface area contributed by atoms with Crippen LogP contribution in [0, 0.1) is 0 Å². The van der Waals surface area contributed by atoms with Gasteiger partial charge in [0.25, 0.3) is 0 Å². The van der Waals surface area contributed by atoms with Crippen LogP contribution in [0.1, 0.15) is 25.0 Å². The van der Waals surface area contributed by atoms with E-state index in [0.717, 1.165) is 17.7 Å². The first-order valence-electron chi connectivity index (χ1n) is 8.12. The van der Waals surface area contributed by atoms with E-state index in [4.69, 9.17) is 11.6 Å². The van der Waals surface area contributed by atoms with E-state index in [1.165, 1.54) is 6.07 Å². The van der Waals surface area contributed by atoms with Crippen LogP contribution in [0.25, 0.3) is 0 Å². The molecule has 0 fully saturated rings. The Morgan fingerprint density at radius 1 is 1.15 bits per heavy atom. The number of nitrogens with one attached hydrogen (secondary N) is 1. The highest BCUT2D eigenvalue weighted by Gasteiger charge is 2.31. The van der Waals surface area contributed by atoms with Crippen molar-refractivity contribution in [3.05, 3.63) is 64.7 Å². The molecule has 0 atom stereocenters. The SMILES string of the molecule is CC(C)N(Cc1ccccc1)C(=O)CNc1cc(C(F)(F)F)ccc1Cl. The van der Waals surface area contributed by atoms with Crippen LogP contribution in [0.2, 0.25) is 5.02 Å². The van der Waals surface area contributed by atoms with E-state index in [1.807, 2.05) is 44.2 Å². The van der Waals surface area contributed by atoms with Gasteiger partial charge in [-0.15, -0.1) is 0 Å². The first kappa shape index (κ1) is 20.1. The number of halogens is 4. The maximum atomic E-state index is 12.8. The average Bonchev–Trinajstić information content (AvgIpc) is 2.58. The molecule has 26 heavy (non-hydrogen) atoms. The maximum Gasteiger partial charge on any atom is 0.416 e. The van der Waals surface area contributed by atoms with Gasteiger partial charge >= 0.3 is 6.18 Å². The number of hydrogen-bond acceptors (Lipinski definition) is 2. The molecule has 7 heteroatoms. The third-order valence-corrected chi connectivity index (χ3v) is 4.19. The first-order valence-corrected chi connectivity index (χ1v) is 8.50. The highest BCUT2D eigenvalue weighted by molar-refractivity contribution is 6.33. The predicted octanol–water partition coefficient (Wildman–Crippen LogP) is 5.21. The summed E-state index contributed by atoms with van der Waals surface area (Å²) in [5.41, 5.74) is 0.242. The summed E-state index contributed by atoms with van der Waals surface area (Å²) < 4.78 is 38.5. The zero-order chi connectivity index (χ0) is 19.3. The summed E-state index contributed by atoms with van der Waals surface area (Å²) in [5.74, 6) is -0.225. The summed E-state index contributed by atoms with van der Waals surface area (Å²) in [5, 5.41) is 2.85. The highest BCUT2D eigenvalue weighted by Crippen LogP contribution is 2.33. The Balaban J connectivity index is 2.08. The number of benzene rings is 2. The van der Waals surface area contributed by atoms with Crippen molar-refractivity contribution >= 4 is 23.2 Å². The van der Waals surface area contributed by atoms with Gasteiger partial charge in [0.15, 0.2) is 0 Å². The van der Waals surface area contributed by atoms with E-state index in [2.05, 4.69) is 5.32 Å². The fraction of sp³-hybridized carbons (Fsp3) is 0.316. The number of amides is 1. The van der Waals surface area contributed by atoms with Crippen LogP contribution in [0.15, 0.2) is 48.5 Å². The summed E-state index contributed by atoms with van der Waals surface area (Å²) in [6.07, 6.45) is -4.47. The van der Waals surface area contributed by atoms with Crippen molar-refractivity contribution in [1.29, 1.82) is 0 Å². The smallest absolute Gasteiger partial charge is 0.375 e. The minimum absolute atomic E-state index is 0.0542. The van der Waals surface area contributed by atoms with Gasteiger partial charge < -0.3 is 10.2 Å². The first-order chi connectivity index (χ1) is 12.2. The Morgan fingerprint density at radius 2 is 1.81 bits per heavy atom. The molecule has 1 N–H and O–H groups in total. The lowest BCUT2D eigenvalue weighted by Gasteiger charge is -2.27. The van der Waals surface area contributed by atoms with Gasteiger partial charge in [-0.05, 0) is 37.6 Å². The third-order valence-electron chi connectivity index (χ3n) is 3.86. The second-order valence-electron chi connectivity index (χ2n) is 6.15. The highest BCUT2D eigenvalue weighted by atomic mass is 35.5. The molecule has 0 aromatic heterocycles. The number of carbonyl (C=O) groups is 1. The van der Waals surface area contributed by atoms with Crippen LogP contribution in [0.3, 0.4) is 0 Å². The molecule has 0 aliphatic rings. The number of carbonyl (C=O) groups excluding carboxylic acids is 1. The molecule has 0 radical (unpaired) electrons. The van der Waals surface area contributed by atoms with Gasteiger partial charge in [-0.3, -0.25) is 4.79 Å². The van der Waals surface area contributed by atoms with Crippen LogP contribution in [-0.4, -0.2) is 23.4 Å². The minimum Gasteiger partial charge on any atom is -0.375 e. The lowest BCUT2D eigenvalue weighted by molar-refractivity contribution is -0.137. The van der Waals surface area contributed by atoms with E-state index < -0.39 is 11.7 Å². The molecule has 2 aromatic carbocycles. The third kappa shape index (κ3) is 5.39. The van der Waals surface area contributed by atoms with Crippen LogP contribution >= 0.6 is 11.6 Å². The van der Waals surface area contributed by atoms with Crippen LogP contribution in [0.4, 0.5) is 18.9 Å². The van der Waals surface area contributed by atoms with Gasteiger partial charge in [-0.1, -0.05) is 41.9 Å². The van der Waals surface area contributed by atoms with E-state index >= 15 is 0 Å². The number of nitrogens with zero attached hydrogens (tertiary/aromatic N) is 1. The Bertz CT molecular complexity index is 748. The zero-order valence-electron chi connectivity index (χ0n) is 14.5. The van der Waals surface area contributed by atoms with Crippen molar-refractivity contribution in [2.75, 3.05) is 11.9 Å². The van der Waals surface area contributed by atoms with Gasteiger partial charge in [-0.25, -0.2) is 0 Å². The van der Waals surface area contributed by atoms with Gasteiger partial charge in [0.2, 0.25) is 5.91 Å². The molecule has 3 nitrogen and oxygen atoms in total. The summed E-state index contributed by atoms with van der Waals surface area (Å²) >= 11 is 5.95. The number of anilines is 1. The molecule has 0 saturated heterocycles. The maximum absolute atomic E-state index is 12.8. The summed E-state index contributed by atoms with van der Waals surface area (Å²) in [6.45, 7) is 4.05. The Kier molecular flexibility index (Phi) is 6.53. The fourth-order valence-corrected chi connectivity index (χ4v) is 2.63. The summed E-state index contributed by atoms with van der Waals surface area (Å²) in [7, 11) is 0. The zero-order valence-corrected chi connectivity index (χ0v) is 15.2. The second kappa shape index (κ2) is 8.45. The average molecular weight is 385 g/mol. The normalized spacial score (nSPS) is 11.5. The topological polar surface area (TPSA) is 32.3 Å². The van der Waals surface area contributed by atoms with Gasteiger partial charge in [0.1, 0.15) is 0 Å². The van der Waals surface area contributed by atoms with Crippen LogP contribution in [-0.2, 0) is 17.5 Å². The van der Waals surface area contributed by atoms with Crippen molar-refractivity contribution in [3.8, 4) is 0 Å². The van der Waals surface area contributed by atoms with E-state index in [0.29, 0.717) is 6.54 Å². The largest absolute Gasteiger partial charge is 0.416 e. The molecule has 0 saturated carbocycles. The number of hydrogen-bond donors (Lipinski definition) is 1. The molecule has 0 aliphatic heterocycles. The van der Waals surface area contributed by atoms with E-state index in [-0.39, 0.29) is 29.2 Å². The molecule has 0 bridgehead atoms. The van der Waals surface area contributed by atoms with E-state index in [1.54, 1.807) is 4.90 Å². The Labute approximate surface area is 155 Å². The number of rotatable bonds is 6. The molecule has 1 amide bonds. The summed E-state index contributed by atoms with van der Waals surface area (Å²) in [4.78, 5) is 14.2. The molecular weight excluding hydrogens is 365 g/mol. The molecule has 2 aromatic rings. The number of alkyl halides is 3. The minimum atomic E-state index is -4.47. The Hall–Kier alpha value is -2.21. The second-order valence-corrected chi connectivity index (χ2v) is 6.55. The summed E-state index contributed by atoms with van der Waals surface area (Å²) in [6, 6.07) is 12.4. The molecule has 140 valence electrons. The lowest BCUT2D eigenvalue weighted by atomic mass is 10.1. The fourth-order valence-electron chi connectivity index (χ4n) is 2.45. The molecule has 0 heterocycles. The molecule has 0 aliphatic carbocycles. The van der Waals surface area contributed by atoms with Crippen molar-refractivity contribution in [3.63, 3.8) is 0 Å². The van der Waals surface area contributed by atoms with Crippen molar-refractivity contribution < 1.29 is 18.0 Å². The Morgan fingerprint density at radius 3 is 2.38 bits per heavy atom. The molecule has 2 rings (SSSR count). The quantitative estimate of drug-likeness (QED) is 0.741. The van der Waals surface area contributed by atoms with Crippen molar-refractivity contribution in [1.82, 2.24) is 4.90 Å². The molecule has 0 unspecified atom stereocenters. The van der Waals surface area contributed by atoms with Crippen molar-refractivity contribution in [2.45, 2.75) is 32.6 Å². The monoisotopic (exact) mass is 384 g/mol. The predicted molar refractivity (Wildman–Crippen MR) is 97.1 cm³/mol. The van der Waals surface area contributed by atoms with Gasteiger partial charge in [-0.2, -0.15) is 13.2 Å². The van der Waals surface area contributed by atoms with Gasteiger partial charge in [0, 0.05) is 12.6 Å². The molecular formula is C19H20ClF3N2O.